The Morgan fingerprint density at radius 3 is 2.24 bits per heavy atom. The van der Waals surface area contributed by atoms with Gasteiger partial charge >= 0.3 is 11.9 Å². The van der Waals surface area contributed by atoms with E-state index >= 15 is 0 Å². The molecule has 8 nitrogen and oxygen atoms in total. The lowest BCUT2D eigenvalue weighted by molar-refractivity contribution is -0.174. The smallest absolute Gasteiger partial charge is 0.326 e. The van der Waals surface area contributed by atoms with Crippen molar-refractivity contribution in [3.05, 3.63) is 0 Å². The van der Waals surface area contributed by atoms with E-state index in [1.54, 1.807) is 0 Å². The van der Waals surface area contributed by atoms with Gasteiger partial charge in [-0.3, -0.25) is 9.59 Å². The molecule has 1 amide bonds. The van der Waals surface area contributed by atoms with Gasteiger partial charge in [-0.1, -0.05) is 20.8 Å². The molecule has 0 aromatic rings. The Labute approximate surface area is 220 Å². The van der Waals surface area contributed by atoms with Crippen LogP contribution in [0.5, 0.6) is 0 Å². The standard InChI is InChI=1S/C29H47NO7/c1-16(4-8-24(33)30-22(27(36)37)7-9-25(34)35)19-5-6-20-26-21(11-13-29(19,20)3)28(2)12-10-18(31)14-17(28)15-23(26)32/h16-23,26,31-32H,4-15H2,1-3H3,(H,30,33)(H,34,35)(H,36,37)/t16?,17-,18+,19+,20-,21-,22?,23+,26-,28?,29?/m0/s1. The number of aliphatic carboxylic acids is 2. The number of aliphatic hydroxyl groups is 2. The van der Waals surface area contributed by atoms with Crippen LogP contribution in [0.1, 0.15) is 97.8 Å². The van der Waals surface area contributed by atoms with Crippen molar-refractivity contribution < 1.29 is 34.8 Å². The molecule has 4 rings (SSSR count). The molecule has 4 fully saturated rings. The van der Waals surface area contributed by atoms with Gasteiger partial charge in [0.25, 0.3) is 0 Å². The Morgan fingerprint density at radius 1 is 0.892 bits per heavy atom. The maximum absolute atomic E-state index is 12.5. The van der Waals surface area contributed by atoms with Crippen molar-refractivity contribution in [2.24, 2.45) is 46.3 Å². The summed E-state index contributed by atoms with van der Waals surface area (Å²) in [5, 5.41) is 42.3. The largest absolute Gasteiger partial charge is 0.481 e. The fourth-order valence-corrected chi connectivity index (χ4v) is 9.53. The highest BCUT2D eigenvalue weighted by molar-refractivity contribution is 5.83. The van der Waals surface area contributed by atoms with Crippen LogP contribution in [-0.2, 0) is 14.4 Å². The van der Waals surface area contributed by atoms with E-state index in [0.29, 0.717) is 41.9 Å². The van der Waals surface area contributed by atoms with Crippen molar-refractivity contribution in [1.29, 1.82) is 0 Å². The molecule has 4 aliphatic rings. The van der Waals surface area contributed by atoms with E-state index in [1.807, 2.05) is 0 Å². The highest BCUT2D eigenvalue weighted by atomic mass is 16.4. The minimum absolute atomic E-state index is 0.126. The van der Waals surface area contributed by atoms with Crippen LogP contribution in [0.2, 0.25) is 0 Å². The molecular weight excluding hydrogens is 474 g/mol. The number of carboxylic acid groups (broad SMARTS) is 2. The maximum Gasteiger partial charge on any atom is 0.326 e. The Hall–Kier alpha value is -1.67. The zero-order valence-electron chi connectivity index (χ0n) is 22.7. The average molecular weight is 522 g/mol. The lowest BCUT2D eigenvalue weighted by Gasteiger charge is -2.62. The van der Waals surface area contributed by atoms with Gasteiger partial charge in [0.1, 0.15) is 6.04 Å². The summed E-state index contributed by atoms with van der Waals surface area (Å²) in [4.78, 5) is 34.8. The summed E-state index contributed by atoms with van der Waals surface area (Å²) >= 11 is 0. The first-order chi connectivity index (χ1) is 17.4. The zero-order valence-corrected chi connectivity index (χ0v) is 22.7. The Kier molecular flexibility index (Phi) is 8.30. The Balaban J connectivity index is 1.38. The van der Waals surface area contributed by atoms with Gasteiger partial charge in [0.2, 0.25) is 5.91 Å². The summed E-state index contributed by atoms with van der Waals surface area (Å²) in [6, 6.07) is -1.18. The van der Waals surface area contributed by atoms with Crippen LogP contribution >= 0.6 is 0 Å². The molecule has 37 heavy (non-hydrogen) atoms. The van der Waals surface area contributed by atoms with Crippen LogP contribution in [-0.4, -0.2) is 56.5 Å². The lowest BCUT2D eigenvalue weighted by atomic mass is 9.43. The van der Waals surface area contributed by atoms with Crippen LogP contribution in [0.15, 0.2) is 0 Å². The van der Waals surface area contributed by atoms with E-state index in [9.17, 15) is 29.7 Å². The van der Waals surface area contributed by atoms with E-state index in [4.69, 9.17) is 5.11 Å². The molecule has 8 heteroatoms. The molecule has 0 saturated heterocycles. The number of nitrogens with one attached hydrogen (secondary N) is 1. The van der Waals surface area contributed by atoms with Gasteiger partial charge in [0, 0.05) is 12.8 Å². The van der Waals surface area contributed by atoms with Gasteiger partial charge < -0.3 is 25.7 Å². The van der Waals surface area contributed by atoms with Crippen molar-refractivity contribution in [2.75, 3.05) is 0 Å². The van der Waals surface area contributed by atoms with Crippen molar-refractivity contribution in [3.63, 3.8) is 0 Å². The van der Waals surface area contributed by atoms with E-state index < -0.39 is 18.0 Å². The minimum Gasteiger partial charge on any atom is -0.481 e. The summed E-state index contributed by atoms with van der Waals surface area (Å²) in [6.07, 6.45) is 7.91. The van der Waals surface area contributed by atoms with Gasteiger partial charge in [-0.2, -0.15) is 0 Å². The number of aliphatic hydroxyl groups excluding tert-OH is 2. The lowest BCUT2D eigenvalue weighted by Crippen LogP contribution is -2.58. The third kappa shape index (κ3) is 5.42. The molecule has 0 aliphatic heterocycles. The third-order valence-corrected chi connectivity index (χ3v) is 11.5. The second-order valence-electron chi connectivity index (χ2n) is 13.4. The van der Waals surface area contributed by atoms with Gasteiger partial charge in [-0.25, -0.2) is 4.79 Å². The van der Waals surface area contributed by atoms with Crippen molar-refractivity contribution >= 4 is 17.8 Å². The SMILES string of the molecule is CC(CCC(=O)NC(CCC(=O)O)C(=O)O)[C@H]1CC[C@H]2[C@@H]3[C@H](O)C[C@@H]4C[C@H](O)CCC4(C)[C@H]3CCC12C. The fourth-order valence-electron chi connectivity index (χ4n) is 9.53. The van der Waals surface area contributed by atoms with E-state index in [2.05, 4.69) is 26.1 Å². The maximum atomic E-state index is 12.5. The highest BCUT2D eigenvalue weighted by Crippen LogP contribution is 2.68. The Morgan fingerprint density at radius 2 is 1.57 bits per heavy atom. The zero-order chi connectivity index (χ0) is 27.1. The number of amides is 1. The summed E-state index contributed by atoms with van der Waals surface area (Å²) in [7, 11) is 0. The van der Waals surface area contributed by atoms with Gasteiger partial charge in [0.05, 0.1) is 12.2 Å². The van der Waals surface area contributed by atoms with Crippen LogP contribution in [0.3, 0.4) is 0 Å². The van der Waals surface area contributed by atoms with Crippen molar-refractivity contribution in [1.82, 2.24) is 5.32 Å². The molecule has 4 unspecified atom stereocenters. The molecule has 4 aliphatic carbocycles. The number of rotatable bonds is 9. The summed E-state index contributed by atoms with van der Waals surface area (Å²) in [6.45, 7) is 7.03. The number of hydrogen-bond acceptors (Lipinski definition) is 5. The minimum atomic E-state index is -1.21. The van der Waals surface area contributed by atoms with E-state index in [1.165, 1.54) is 0 Å². The molecule has 0 bridgehead atoms. The number of carbonyl (C=O) groups is 3. The summed E-state index contributed by atoms with van der Waals surface area (Å²) in [5.74, 6) is -0.188. The molecular formula is C29H47NO7. The first-order valence-electron chi connectivity index (χ1n) is 14.5. The van der Waals surface area contributed by atoms with Crippen LogP contribution in [0.25, 0.3) is 0 Å². The quantitative estimate of drug-likeness (QED) is 0.310. The molecule has 0 heterocycles. The first kappa shape index (κ1) is 28.3. The van der Waals surface area contributed by atoms with E-state index in [0.717, 1.165) is 51.4 Å². The Bertz CT molecular complexity index is 878. The molecule has 0 spiro atoms. The topological polar surface area (TPSA) is 144 Å². The van der Waals surface area contributed by atoms with Crippen molar-refractivity contribution in [2.45, 2.75) is 116 Å². The first-order valence-corrected chi connectivity index (χ1v) is 14.5. The summed E-state index contributed by atoms with van der Waals surface area (Å²) < 4.78 is 0. The number of hydrogen-bond donors (Lipinski definition) is 5. The van der Waals surface area contributed by atoms with Gasteiger partial charge in [-0.15, -0.1) is 0 Å². The van der Waals surface area contributed by atoms with Crippen LogP contribution in [0, 0.1) is 46.3 Å². The predicted octanol–water partition coefficient (Wildman–Crippen LogP) is 3.83. The molecule has 11 atom stereocenters. The molecule has 4 saturated carbocycles. The fraction of sp³-hybridized carbons (Fsp3) is 0.897. The molecule has 0 radical (unpaired) electrons. The molecule has 0 aromatic carbocycles. The predicted molar refractivity (Wildman–Crippen MR) is 137 cm³/mol. The molecule has 210 valence electrons. The molecule has 0 aromatic heterocycles. The van der Waals surface area contributed by atoms with Crippen molar-refractivity contribution in [3.8, 4) is 0 Å². The monoisotopic (exact) mass is 521 g/mol. The average Bonchev–Trinajstić information content (AvgIpc) is 3.18. The van der Waals surface area contributed by atoms with E-state index in [-0.39, 0.29) is 48.2 Å². The number of carbonyl (C=O) groups excluding carboxylic acids is 1. The number of carboxylic acids is 2. The van der Waals surface area contributed by atoms with Gasteiger partial charge in [-0.05, 0) is 111 Å². The second-order valence-corrected chi connectivity index (χ2v) is 13.4. The van der Waals surface area contributed by atoms with Crippen LogP contribution in [0.4, 0.5) is 0 Å². The number of fused-ring (bicyclic) bond motifs is 5. The highest BCUT2D eigenvalue weighted by Gasteiger charge is 2.62. The summed E-state index contributed by atoms with van der Waals surface area (Å²) in [5.41, 5.74) is 0.327. The van der Waals surface area contributed by atoms with Gasteiger partial charge in [0.15, 0.2) is 0 Å². The third-order valence-electron chi connectivity index (χ3n) is 11.5. The molecule has 5 N–H and O–H groups in total. The van der Waals surface area contributed by atoms with Crippen LogP contribution < -0.4 is 5.32 Å². The second kappa shape index (κ2) is 10.8. The normalized spacial score (nSPS) is 42.6.